The van der Waals surface area contributed by atoms with E-state index in [1.807, 2.05) is 0 Å². The van der Waals surface area contributed by atoms with Crippen LogP contribution in [0.5, 0.6) is 0 Å². The van der Waals surface area contributed by atoms with Gasteiger partial charge in [0.25, 0.3) is 0 Å². The summed E-state index contributed by atoms with van der Waals surface area (Å²) in [4.78, 5) is 70.1. The quantitative estimate of drug-likeness (QED) is 0.270. The van der Waals surface area contributed by atoms with Gasteiger partial charge in [-0.15, -0.1) is 0 Å². The number of nitrogens with one attached hydrogen (secondary N) is 4. The lowest BCUT2D eigenvalue weighted by molar-refractivity contribution is -0.139. The van der Waals surface area contributed by atoms with E-state index < -0.39 is 35.6 Å². The highest BCUT2D eigenvalue weighted by Crippen LogP contribution is 2.17. The second kappa shape index (κ2) is 10.7. The summed E-state index contributed by atoms with van der Waals surface area (Å²) >= 11 is 0. The van der Waals surface area contributed by atoms with E-state index >= 15 is 0 Å². The maximum atomic E-state index is 12.2. The van der Waals surface area contributed by atoms with Crippen LogP contribution in [0.4, 0.5) is 0 Å². The number of hydrogen-bond donors (Lipinski definition) is 5. The highest BCUT2D eigenvalue weighted by molar-refractivity contribution is 5.93. The summed E-state index contributed by atoms with van der Waals surface area (Å²) in [5, 5.41) is 9.30. The molecule has 1 heterocycles. The Morgan fingerprint density at radius 2 is 1.48 bits per heavy atom. The Hall–Kier alpha value is -3.18. The van der Waals surface area contributed by atoms with Gasteiger partial charge in [0, 0.05) is 13.5 Å². The molecule has 12 heteroatoms. The Morgan fingerprint density at radius 1 is 0.889 bits per heavy atom. The van der Waals surface area contributed by atoms with Gasteiger partial charge >= 0.3 is 0 Å². The molecule has 0 aromatic carbocycles. The normalized spacial score (nSPS) is 15.6. The molecule has 0 spiro atoms. The first-order chi connectivity index (χ1) is 12.7. The molecule has 1 atom stereocenters. The third-order valence-electron chi connectivity index (χ3n) is 3.69. The van der Waals surface area contributed by atoms with Crippen LogP contribution in [0.25, 0.3) is 0 Å². The van der Waals surface area contributed by atoms with Crippen LogP contribution in [0.3, 0.4) is 0 Å². The Labute approximate surface area is 155 Å². The maximum Gasteiger partial charge on any atom is 0.243 e. The van der Waals surface area contributed by atoms with Gasteiger partial charge < -0.3 is 31.9 Å². The zero-order valence-corrected chi connectivity index (χ0v) is 15.0. The fourth-order valence-electron chi connectivity index (χ4n) is 2.41. The second-order valence-corrected chi connectivity index (χ2v) is 5.89. The Morgan fingerprint density at radius 3 is 2.07 bits per heavy atom. The highest BCUT2D eigenvalue weighted by atomic mass is 16.2. The number of carbonyl (C=O) groups excluding carboxylic acids is 6. The molecule has 12 nitrogen and oxygen atoms in total. The fraction of sp³-hybridized carbons (Fsp3) is 0.600. The Balaban J connectivity index is 2.42. The summed E-state index contributed by atoms with van der Waals surface area (Å²) in [6, 6.07) is -0.742. The van der Waals surface area contributed by atoms with Crippen LogP contribution in [0, 0.1) is 0 Å². The summed E-state index contributed by atoms with van der Waals surface area (Å²) in [6.45, 7) is 0.389. The first-order valence-electron chi connectivity index (χ1n) is 8.34. The van der Waals surface area contributed by atoms with Crippen molar-refractivity contribution in [3.63, 3.8) is 0 Å². The zero-order chi connectivity index (χ0) is 20.4. The molecular weight excluding hydrogens is 360 g/mol. The number of nitrogens with zero attached hydrogens (tertiary/aromatic N) is 1. The van der Waals surface area contributed by atoms with Gasteiger partial charge in [-0.2, -0.15) is 0 Å². The number of nitrogens with two attached hydrogens (primary N) is 1. The van der Waals surface area contributed by atoms with Crippen molar-refractivity contribution in [2.45, 2.75) is 25.8 Å². The van der Waals surface area contributed by atoms with Crippen LogP contribution in [0.2, 0.25) is 0 Å². The van der Waals surface area contributed by atoms with Gasteiger partial charge in [0.2, 0.25) is 35.4 Å². The molecule has 1 aliphatic rings. The van der Waals surface area contributed by atoms with E-state index in [1.54, 1.807) is 0 Å². The van der Waals surface area contributed by atoms with Crippen LogP contribution in [0.1, 0.15) is 19.8 Å². The first-order valence-corrected chi connectivity index (χ1v) is 8.34. The second-order valence-electron chi connectivity index (χ2n) is 5.89. The third kappa shape index (κ3) is 8.16. The number of carbonyl (C=O) groups is 6. The predicted octanol–water partition coefficient (Wildman–Crippen LogP) is -4.05. The van der Waals surface area contributed by atoms with Gasteiger partial charge in [-0.1, -0.05) is 0 Å². The van der Waals surface area contributed by atoms with Crippen LogP contribution in [-0.4, -0.2) is 79.1 Å². The topological polar surface area (TPSA) is 180 Å². The van der Waals surface area contributed by atoms with Crippen LogP contribution in [0.15, 0.2) is 0 Å². The van der Waals surface area contributed by atoms with E-state index in [0.29, 0.717) is 19.4 Å². The summed E-state index contributed by atoms with van der Waals surface area (Å²) in [5.74, 6) is -3.12. The van der Waals surface area contributed by atoms with Gasteiger partial charge in [0.05, 0.1) is 26.2 Å². The number of amides is 6. The molecule has 0 bridgehead atoms. The summed E-state index contributed by atoms with van der Waals surface area (Å²) < 4.78 is 0. The molecule has 1 saturated heterocycles. The first kappa shape index (κ1) is 21.9. The molecule has 1 aliphatic heterocycles. The van der Waals surface area contributed by atoms with Gasteiger partial charge in [0.1, 0.15) is 6.04 Å². The van der Waals surface area contributed by atoms with Crippen LogP contribution < -0.4 is 27.0 Å². The lowest BCUT2D eigenvalue weighted by Crippen LogP contribution is -2.51. The number of rotatable bonds is 9. The third-order valence-corrected chi connectivity index (χ3v) is 3.69. The van der Waals surface area contributed by atoms with Gasteiger partial charge in [-0.05, 0) is 12.8 Å². The molecule has 0 unspecified atom stereocenters. The van der Waals surface area contributed by atoms with E-state index in [-0.39, 0.29) is 32.1 Å². The molecule has 6 amide bonds. The monoisotopic (exact) mass is 384 g/mol. The predicted molar refractivity (Wildman–Crippen MR) is 91.6 cm³/mol. The molecule has 6 N–H and O–H groups in total. The van der Waals surface area contributed by atoms with Gasteiger partial charge in [0.15, 0.2) is 0 Å². The molecule has 1 rings (SSSR count). The van der Waals surface area contributed by atoms with E-state index in [4.69, 9.17) is 5.73 Å². The lowest BCUT2D eigenvalue weighted by atomic mass is 10.2. The van der Waals surface area contributed by atoms with Crippen molar-refractivity contribution in [2.75, 3.05) is 32.7 Å². The molecule has 0 radical (unpaired) electrons. The van der Waals surface area contributed by atoms with E-state index in [9.17, 15) is 28.8 Å². The molecule has 150 valence electrons. The van der Waals surface area contributed by atoms with Gasteiger partial charge in [-0.3, -0.25) is 28.8 Å². The minimum absolute atomic E-state index is 0.243. The number of hydrogen-bond acceptors (Lipinski definition) is 6. The largest absolute Gasteiger partial charge is 0.368 e. The summed E-state index contributed by atoms with van der Waals surface area (Å²) in [7, 11) is 0. The Bertz CT molecular complexity index is 570. The smallest absolute Gasteiger partial charge is 0.243 e. The van der Waals surface area contributed by atoms with E-state index in [2.05, 4.69) is 21.3 Å². The molecule has 0 aromatic rings. The van der Waals surface area contributed by atoms with Crippen molar-refractivity contribution in [2.24, 2.45) is 5.73 Å². The van der Waals surface area contributed by atoms with Crippen molar-refractivity contribution < 1.29 is 28.8 Å². The van der Waals surface area contributed by atoms with Crippen LogP contribution >= 0.6 is 0 Å². The Kier molecular flexibility index (Phi) is 8.69. The lowest BCUT2D eigenvalue weighted by Gasteiger charge is -2.24. The SMILES string of the molecule is CC(=O)NCC(=O)NCC(=O)N1CCC[C@H]1C(=O)NCC(=O)NCC(N)=O. The van der Waals surface area contributed by atoms with E-state index in [1.165, 1.54) is 11.8 Å². The van der Waals surface area contributed by atoms with Crippen molar-refractivity contribution in [1.29, 1.82) is 0 Å². The molecular formula is C15H24N6O6. The summed E-state index contributed by atoms with van der Waals surface area (Å²) in [6.07, 6.45) is 1.04. The zero-order valence-electron chi connectivity index (χ0n) is 15.0. The molecule has 0 aliphatic carbocycles. The standard InChI is InChI=1S/C15H24N6O6/c1-9(22)17-6-12(24)19-8-14(26)21-4-2-3-10(21)15(27)20-7-13(25)18-5-11(16)23/h10H,2-8H2,1H3,(H2,16,23)(H,17,22)(H,18,25)(H,19,24)(H,20,27)/t10-/m0/s1. The molecule has 1 fully saturated rings. The van der Waals surface area contributed by atoms with Crippen molar-refractivity contribution in [3.05, 3.63) is 0 Å². The number of primary amides is 1. The molecule has 27 heavy (non-hydrogen) atoms. The van der Waals surface area contributed by atoms with Crippen molar-refractivity contribution in [3.8, 4) is 0 Å². The fourth-order valence-corrected chi connectivity index (χ4v) is 2.41. The molecule has 0 aromatic heterocycles. The van der Waals surface area contributed by atoms with Crippen molar-refractivity contribution in [1.82, 2.24) is 26.2 Å². The average Bonchev–Trinajstić information content (AvgIpc) is 3.10. The van der Waals surface area contributed by atoms with Gasteiger partial charge in [-0.25, -0.2) is 0 Å². The molecule has 0 saturated carbocycles. The minimum atomic E-state index is -0.742. The maximum absolute atomic E-state index is 12.2. The van der Waals surface area contributed by atoms with Crippen LogP contribution in [-0.2, 0) is 28.8 Å². The number of likely N-dealkylation sites (tertiary alicyclic amines) is 1. The van der Waals surface area contributed by atoms with E-state index in [0.717, 1.165) is 0 Å². The minimum Gasteiger partial charge on any atom is -0.368 e. The summed E-state index contributed by atoms with van der Waals surface area (Å²) in [5.41, 5.74) is 4.90. The average molecular weight is 384 g/mol. The highest BCUT2D eigenvalue weighted by Gasteiger charge is 2.34. The van der Waals surface area contributed by atoms with Crippen molar-refractivity contribution >= 4 is 35.4 Å².